The number of anilines is 1. The standard InChI is InChI=1S/C11H13N5OS/c1-17-8-4-5-9(12)10(6-8)18-11-13-14-15-16(11)7-2-3-7/h4-7H,2-3,12H2,1H3. The van der Waals surface area contributed by atoms with Gasteiger partial charge in [-0.3, -0.25) is 0 Å². The highest BCUT2D eigenvalue weighted by Crippen LogP contribution is 2.39. The maximum absolute atomic E-state index is 5.95. The molecule has 2 aromatic rings. The molecule has 0 amide bonds. The molecule has 0 bridgehead atoms. The van der Waals surface area contributed by atoms with Gasteiger partial charge in [-0.15, -0.1) is 5.10 Å². The Kier molecular flexibility index (Phi) is 2.83. The number of hydrogen-bond acceptors (Lipinski definition) is 6. The molecular formula is C11H13N5OS. The van der Waals surface area contributed by atoms with Crippen LogP contribution in [0.1, 0.15) is 18.9 Å². The molecule has 1 aromatic carbocycles. The summed E-state index contributed by atoms with van der Waals surface area (Å²) in [5.74, 6) is 0.775. The summed E-state index contributed by atoms with van der Waals surface area (Å²) in [6.45, 7) is 0. The molecular weight excluding hydrogens is 250 g/mol. The fraction of sp³-hybridized carbons (Fsp3) is 0.364. The van der Waals surface area contributed by atoms with Gasteiger partial charge in [0, 0.05) is 10.6 Å². The summed E-state index contributed by atoms with van der Waals surface area (Å²) in [5.41, 5.74) is 6.65. The largest absolute Gasteiger partial charge is 0.497 e. The van der Waals surface area contributed by atoms with Gasteiger partial charge in [-0.2, -0.15) is 0 Å². The number of nitrogens with zero attached hydrogens (tertiary/aromatic N) is 4. The van der Waals surface area contributed by atoms with Crippen LogP contribution in [0.25, 0.3) is 0 Å². The average molecular weight is 263 g/mol. The van der Waals surface area contributed by atoms with Gasteiger partial charge in [0.2, 0.25) is 5.16 Å². The van der Waals surface area contributed by atoms with Crippen molar-refractivity contribution in [2.24, 2.45) is 0 Å². The molecule has 6 nitrogen and oxygen atoms in total. The van der Waals surface area contributed by atoms with Gasteiger partial charge in [0.1, 0.15) is 5.75 Å². The maximum atomic E-state index is 5.95. The second kappa shape index (κ2) is 4.49. The van der Waals surface area contributed by atoms with Crippen molar-refractivity contribution in [3.8, 4) is 5.75 Å². The Hall–Kier alpha value is -1.76. The average Bonchev–Trinajstić information content (AvgIpc) is 3.13. The minimum atomic E-state index is 0.453. The van der Waals surface area contributed by atoms with E-state index in [0.29, 0.717) is 11.7 Å². The summed E-state index contributed by atoms with van der Waals surface area (Å²) >= 11 is 1.47. The molecule has 1 saturated carbocycles. The molecule has 0 atom stereocenters. The molecule has 18 heavy (non-hydrogen) atoms. The van der Waals surface area contributed by atoms with Crippen LogP contribution in [0.2, 0.25) is 0 Å². The Morgan fingerprint density at radius 1 is 1.44 bits per heavy atom. The van der Waals surface area contributed by atoms with Crippen molar-refractivity contribution in [1.29, 1.82) is 0 Å². The van der Waals surface area contributed by atoms with Gasteiger partial charge >= 0.3 is 0 Å². The molecule has 0 radical (unpaired) electrons. The lowest BCUT2D eigenvalue weighted by atomic mass is 10.3. The van der Waals surface area contributed by atoms with E-state index in [9.17, 15) is 0 Å². The highest BCUT2D eigenvalue weighted by atomic mass is 32.2. The summed E-state index contributed by atoms with van der Waals surface area (Å²) in [7, 11) is 1.63. The molecule has 1 aliphatic rings. The second-order valence-corrected chi connectivity index (χ2v) is 5.15. The lowest BCUT2D eigenvalue weighted by molar-refractivity contribution is 0.414. The molecule has 0 unspecified atom stereocenters. The van der Waals surface area contributed by atoms with Gasteiger partial charge in [0.05, 0.1) is 13.2 Å². The second-order valence-electron chi connectivity index (χ2n) is 4.14. The molecule has 1 aromatic heterocycles. The fourth-order valence-electron chi connectivity index (χ4n) is 1.63. The smallest absolute Gasteiger partial charge is 0.214 e. The molecule has 94 valence electrons. The van der Waals surface area contributed by atoms with Crippen LogP contribution >= 0.6 is 11.8 Å². The molecule has 1 aliphatic carbocycles. The summed E-state index contributed by atoms with van der Waals surface area (Å²) in [6.07, 6.45) is 2.29. The topological polar surface area (TPSA) is 78.8 Å². The van der Waals surface area contributed by atoms with Crippen molar-refractivity contribution < 1.29 is 4.74 Å². The number of ether oxygens (including phenoxy) is 1. The Bertz CT molecular complexity index is 566. The Labute approximate surface area is 109 Å². The number of hydrogen-bond donors (Lipinski definition) is 1. The molecule has 1 heterocycles. The first kappa shape index (κ1) is 11.3. The number of nitrogen functional groups attached to an aromatic ring is 1. The predicted octanol–water partition coefficient (Wildman–Crippen LogP) is 1.75. The zero-order valence-corrected chi connectivity index (χ0v) is 10.7. The third-order valence-corrected chi connectivity index (χ3v) is 3.80. The van der Waals surface area contributed by atoms with Gasteiger partial charge in [-0.25, -0.2) is 4.68 Å². The summed E-state index contributed by atoms with van der Waals surface area (Å²) in [5, 5.41) is 12.5. The third kappa shape index (κ3) is 2.13. The Morgan fingerprint density at radius 2 is 2.28 bits per heavy atom. The van der Waals surface area contributed by atoms with Gasteiger partial charge in [0.25, 0.3) is 0 Å². The lowest BCUT2D eigenvalue weighted by Crippen LogP contribution is -1.99. The van der Waals surface area contributed by atoms with E-state index in [4.69, 9.17) is 10.5 Å². The number of benzene rings is 1. The Balaban J connectivity index is 1.89. The van der Waals surface area contributed by atoms with Crippen LogP contribution in [-0.4, -0.2) is 27.3 Å². The van der Waals surface area contributed by atoms with Crippen LogP contribution in [-0.2, 0) is 0 Å². The number of tetrazole rings is 1. The first-order chi connectivity index (χ1) is 8.78. The third-order valence-electron chi connectivity index (χ3n) is 2.78. The van der Waals surface area contributed by atoms with Crippen LogP contribution < -0.4 is 10.5 Å². The number of nitrogens with two attached hydrogens (primary N) is 1. The van der Waals surface area contributed by atoms with Gasteiger partial charge in [-0.1, -0.05) is 0 Å². The number of rotatable bonds is 4. The quantitative estimate of drug-likeness (QED) is 0.847. The van der Waals surface area contributed by atoms with E-state index in [1.54, 1.807) is 7.11 Å². The van der Waals surface area contributed by atoms with Gasteiger partial charge in [0.15, 0.2) is 0 Å². The van der Waals surface area contributed by atoms with Crippen molar-refractivity contribution >= 4 is 17.4 Å². The van der Waals surface area contributed by atoms with Gasteiger partial charge < -0.3 is 10.5 Å². The molecule has 2 N–H and O–H groups in total. The molecule has 3 rings (SSSR count). The first-order valence-corrected chi connectivity index (χ1v) is 6.49. The van der Waals surface area contributed by atoms with E-state index in [1.807, 2.05) is 22.9 Å². The van der Waals surface area contributed by atoms with Crippen molar-refractivity contribution in [3.05, 3.63) is 18.2 Å². The minimum absolute atomic E-state index is 0.453. The van der Waals surface area contributed by atoms with Crippen LogP contribution in [0, 0.1) is 0 Å². The molecule has 1 fully saturated rings. The number of aromatic nitrogens is 4. The number of methoxy groups -OCH3 is 1. The zero-order valence-electron chi connectivity index (χ0n) is 9.91. The van der Waals surface area contributed by atoms with Crippen LogP contribution in [0.3, 0.4) is 0 Å². The fourth-order valence-corrected chi connectivity index (χ4v) is 2.54. The van der Waals surface area contributed by atoms with E-state index in [0.717, 1.165) is 28.6 Å². The van der Waals surface area contributed by atoms with Crippen LogP contribution in [0.4, 0.5) is 5.69 Å². The monoisotopic (exact) mass is 263 g/mol. The molecule has 0 spiro atoms. The van der Waals surface area contributed by atoms with Crippen LogP contribution in [0.5, 0.6) is 5.75 Å². The van der Waals surface area contributed by atoms with Crippen molar-refractivity contribution in [2.75, 3.05) is 12.8 Å². The Morgan fingerprint density at radius 3 is 3.00 bits per heavy atom. The molecule has 0 aliphatic heterocycles. The van der Waals surface area contributed by atoms with Crippen molar-refractivity contribution in [3.63, 3.8) is 0 Å². The van der Waals surface area contributed by atoms with E-state index >= 15 is 0 Å². The minimum Gasteiger partial charge on any atom is -0.497 e. The summed E-state index contributed by atoms with van der Waals surface area (Å²) in [6, 6.07) is 6.01. The highest BCUT2D eigenvalue weighted by Gasteiger charge is 2.28. The predicted molar refractivity (Wildman–Crippen MR) is 67.6 cm³/mol. The van der Waals surface area contributed by atoms with E-state index in [2.05, 4.69) is 15.5 Å². The van der Waals surface area contributed by atoms with Crippen molar-refractivity contribution in [1.82, 2.24) is 20.2 Å². The SMILES string of the molecule is COc1ccc(N)c(Sc2nnnn2C2CC2)c1. The summed E-state index contributed by atoms with van der Waals surface area (Å²) < 4.78 is 7.06. The van der Waals surface area contributed by atoms with Crippen molar-refractivity contribution in [2.45, 2.75) is 28.9 Å². The van der Waals surface area contributed by atoms with Gasteiger partial charge in [-0.05, 0) is 53.2 Å². The lowest BCUT2D eigenvalue weighted by Gasteiger charge is -2.07. The summed E-state index contributed by atoms with van der Waals surface area (Å²) in [4.78, 5) is 0.908. The van der Waals surface area contributed by atoms with Crippen LogP contribution in [0.15, 0.2) is 28.3 Å². The first-order valence-electron chi connectivity index (χ1n) is 5.67. The normalized spacial score (nSPS) is 14.7. The maximum Gasteiger partial charge on any atom is 0.214 e. The van der Waals surface area contributed by atoms with E-state index in [1.165, 1.54) is 11.8 Å². The highest BCUT2D eigenvalue weighted by molar-refractivity contribution is 7.99. The molecule has 0 saturated heterocycles. The molecule has 7 heteroatoms. The van der Waals surface area contributed by atoms with E-state index in [-0.39, 0.29) is 0 Å². The zero-order chi connectivity index (χ0) is 12.5. The van der Waals surface area contributed by atoms with E-state index < -0.39 is 0 Å².